The second-order valence-corrected chi connectivity index (χ2v) is 8.75. The van der Waals surface area contributed by atoms with Gasteiger partial charge in [0.25, 0.3) is 0 Å². The van der Waals surface area contributed by atoms with Gasteiger partial charge >= 0.3 is 5.97 Å². The Bertz CT molecular complexity index is 613. The van der Waals surface area contributed by atoms with Crippen molar-refractivity contribution in [3.8, 4) is 0 Å². The molecule has 3 unspecified atom stereocenters. The van der Waals surface area contributed by atoms with Gasteiger partial charge in [0.2, 0.25) is 0 Å². The van der Waals surface area contributed by atoms with Crippen molar-refractivity contribution in [2.75, 3.05) is 19.7 Å². The summed E-state index contributed by atoms with van der Waals surface area (Å²) in [6.07, 6.45) is 2.07. The van der Waals surface area contributed by atoms with Crippen LogP contribution in [-0.4, -0.2) is 31.3 Å². The maximum absolute atomic E-state index is 12.2. The largest absolute Gasteiger partial charge is 0.458 e. The van der Waals surface area contributed by atoms with Crippen LogP contribution in [0.3, 0.4) is 0 Å². The molecule has 0 bridgehead atoms. The minimum Gasteiger partial charge on any atom is -0.458 e. The quantitative estimate of drug-likeness (QED) is 0.790. The van der Waals surface area contributed by atoms with Gasteiger partial charge in [-0.05, 0) is 63.8 Å². The summed E-state index contributed by atoms with van der Waals surface area (Å²) in [6.45, 7) is 7.60. The van der Waals surface area contributed by atoms with E-state index in [1.54, 1.807) is 0 Å². The van der Waals surface area contributed by atoms with Gasteiger partial charge in [-0.3, -0.25) is 0 Å². The summed E-state index contributed by atoms with van der Waals surface area (Å²) in [5, 5.41) is 3.48. The lowest BCUT2D eigenvalue weighted by molar-refractivity contribution is -0.170. The molecule has 1 N–H and O–H groups in total. The highest BCUT2D eigenvalue weighted by Gasteiger charge is 2.52. The Hall–Kier alpha value is -0.910. The predicted molar refractivity (Wildman–Crippen MR) is 96.7 cm³/mol. The monoisotopic (exact) mass is 395 g/mol. The SMILES string of the molecule is CC(C)(C)OC(=O)COC1(c2cccc(Br)c2)CCC2CNCC21. The molecule has 0 amide bonds. The van der Waals surface area contributed by atoms with Crippen LogP contribution >= 0.6 is 15.9 Å². The Morgan fingerprint density at radius 3 is 2.88 bits per heavy atom. The molecule has 24 heavy (non-hydrogen) atoms. The normalized spacial score (nSPS) is 29.5. The topological polar surface area (TPSA) is 47.6 Å². The Labute approximate surface area is 152 Å². The van der Waals surface area contributed by atoms with Crippen molar-refractivity contribution in [3.63, 3.8) is 0 Å². The Kier molecular flexibility index (Phi) is 5.05. The number of hydrogen-bond acceptors (Lipinski definition) is 4. The first kappa shape index (κ1) is 17.9. The molecule has 132 valence electrons. The zero-order valence-electron chi connectivity index (χ0n) is 14.6. The van der Waals surface area contributed by atoms with Gasteiger partial charge < -0.3 is 14.8 Å². The molecule has 1 saturated heterocycles. The van der Waals surface area contributed by atoms with E-state index < -0.39 is 11.2 Å². The number of carbonyl (C=O) groups excluding carboxylic acids is 1. The third-order valence-corrected chi connectivity index (χ3v) is 5.50. The number of halogens is 1. The van der Waals surface area contributed by atoms with Gasteiger partial charge in [0, 0.05) is 16.9 Å². The number of fused-ring (bicyclic) bond motifs is 1. The van der Waals surface area contributed by atoms with E-state index in [1.165, 1.54) is 0 Å². The van der Waals surface area contributed by atoms with Crippen molar-refractivity contribution >= 4 is 21.9 Å². The Morgan fingerprint density at radius 2 is 2.17 bits per heavy atom. The molecule has 1 aliphatic heterocycles. The smallest absolute Gasteiger partial charge is 0.332 e. The summed E-state index contributed by atoms with van der Waals surface area (Å²) in [7, 11) is 0. The fourth-order valence-corrected chi connectivity index (χ4v) is 4.50. The number of hydrogen-bond donors (Lipinski definition) is 1. The molecule has 1 saturated carbocycles. The Balaban J connectivity index is 1.83. The lowest BCUT2D eigenvalue weighted by atomic mass is 9.82. The molecule has 1 aromatic carbocycles. The van der Waals surface area contributed by atoms with Gasteiger partial charge in [-0.25, -0.2) is 4.79 Å². The summed E-state index contributed by atoms with van der Waals surface area (Å²) in [6, 6.07) is 8.29. The second-order valence-electron chi connectivity index (χ2n) is 7.84. The number of esters is 1. The second kappa shape index (κ2) is 6.77. The molecule has 1 aliphatic carbocycles. The lowest BCUT2D eigenvalue weighted by Crippen LogP contribution is -2.39. The van der Waals surface area contributed by atoms with Gasteiger partial charge in [-0.15, -0.1) is 0 Å². The highest BCUT2D eigenvalue weighted by atomic mass is 79.9. The third-order valence-electron chi connectivity index (χ3n) is 5.01. The number of benzene rings is 1. The standard InChI is InChI=1S/C19H26BrNO3/c1-18(2,3)24-17(22)12-23-19(14-5-4-6-15(20)9-14)8-7-13-10-21-11-16(13)19/h4-6,9,13,16,21H,7-8,10-12H2,1-3H3. The fourth-order valence-electron chi connectivity index (χ4n) is 4.10. The van der Waals surface area contributed by atoms with Crippen LogP contribution in [0.25, 0.3) is 0 Å². The van der Waals surface area contributed by atoms with Crippen molar-refractivity contribution in [1.82, 2.24) is 5.32 Å². The van der Waals surface area contributed by atoms with E-state index in [4.69, 9.17) is 9.47 Å². The van der Waals surface area contributed by atoms with E-state index >= 15 is 0 Å². The van der Waals surface area contributed by atoms with Crippen LogP contribution in [0.15, 0.2) is 28.7 Å². The van der Waals surface area contributed by atoms with E-state index in [-0.39, 0.29) is 12.6 Å². The lowest BCUT2D eigenvalue weighted by Gasteiger charge is -2.36. The van der Waals surface area contributed by atoms with Crippen LogP contribution in [0, 0.1) is 11.8 Å². The minimum absolute atomic E-state index is 0.00694. The summed E-state index contributed by atoms with van der Waals surface area (Å²) in [4.78, 5) is 12.2. The zero-order valence-corrected chi connectivity index (χ0v) is 16.2. The van der Waals surface area contributed by atoms with Crippen LogP contribution in [0.5, 0.6) is 0 Å². The fraction of sp³-hybridized carbons (Fsp3) is 0.632. The molecule has 1 aromatic rings. The summed E-state index contributed by atoms with van der Waals surface area (Å²) in [5.74, 6) is 0.711. The van der Waals surface area contributed by atoms with E-state index in [2.05, 4.69) is 33.4 Å². The van der Waals surface area contributed by atoms with E-state index in [9.17, 15) is 4.79 Å². The van der Waals surface area contributed by atoms with Gasteiger partial charge in [-0.1, -0.05) is 28.1 Å². The molecule has 2 fully saturated rings. The maximum atomic E-state index is 12.2. The predicted octanol–water partition coefficient (Wildman–Crippen LogP) is 3.63. The van der Waals surface area contributed by atoms with Crippen LogP contribution in [-0.2, 0) is 19.9 Å². The molecule has 3 atom stereocenters. The average molecular weight is 396 g/mol. The van der Waals surface area contributed by atoms with E-state index in [0.717, 1.165) is 36.0 Å². The van der Waals surface area contributed by atoms with Gasteiger partial charge in [-0.2, -0.15) is 0 Å². The molecular weight excluding hydrogens is 370 g/mol. The van der Waals surface area contributed by atoms with Gasteiger partial charge in [0.15, 0.2) is 0 Å². The number of carbonyl (C=O) groups is 1. The zero-order chi connectivity index (χ0) is 17.4. The summed E-state index contributed by atoms with van der Waals surface area (Å²) < 4.78 is 12.8. The minimum atomic E-state index is -0.490. The first-order valence-corrected chi connectivity index (χ1v) is 9.42. The van der Waals surface area contributed by atoms with Crippen molar-refractivity contribution < 1.29 is 14.3 Å². The number of nitrogens with one attached hydrogen (secondary N) is 1. The van der Waals surface area contributed by atoms with Crippen LogP contribution in [0.2, 0.25) is 0 Å². The molecule has 0 radical (unpaired) electrons. The average Bonchev–Trinajstić information content (AvgIpc) is 3.06. The Morgan fingerprint density at radius 1 is 1.38 bits per heavy atom. The van der Waals surface area contributed by atoms with Crippen LogP contribution < -0.4 is 5.32 Å². The molecule has 3 rings (SSSR count). The molecule has 0 aromatic heterocycles. The highest BCUT2D eigenvalue weighted by molar-refractivity contribution is 9.10. The van der Waals surface area contributed by atoms with Gasteiger partial charge in [0.05, 0.1) is 5.60 Å². The van der Waals surface area contributed by atoms with Crippen molar-refractivity contribution in [2.24, 2.45) is 11.8 Å². The first-order valence-electron chi connectivity index (χ1n) is 8.63. The molecule has 0 spiro atoms. The van der Waals surface area contributed by atoms with Crippen LogP contribution in [0.1, 0.15) is 39.2 Å². The highest BCUT2D eigenvalue weighted by Crippen LogP contribution is 2.51. The molecular formula is C19H26BrNO3. The molecule has 2 aliphatic rings. The summed E-state index contributed by atoms with van der Waals surface area (Å²) >= 11 is 3.56. The third kappa shape index (κ3) is 3.68. The summed E-state index contributed by atoms with van der Waals surface area (Å²) in [5.41, 5.74) is 0.252. The van der Waals surface area contributed by atoms with Gasteiger partial charge in [0.1, 0.15) is 12.2 Å². The number of rotatable bonds is 4. The van der Waals surface area contributed by atoms with E-state index in [1.807, 2.05) is 32.9 Å². The molecule has 5 heteroatoms. The molecule has 1 heterocycles. The molecule has 4 nitrogen and oxygen atoms in total. The van der Waals surface area contributed by atoms with Crippen LogP contribution in [0.4, 0.5) is 0 Å². The van der Waals surface area contributed by atoms with Crippen molar-refractivity contribution in [1.29, 1.82) is 0 Å². The maximum Gasteiger partial charge on any atom is 0.332 e. The van der Waals surface area contributed by atoms with E-state index in [0.29, 0.717) is 11.8 Å². The van der Waals surface area contributed by atoms with Crippen molar-refractivity contribution in [2.45, 2.75) is 44.8 Å². The number of ether oxygens (including phenoxy) is 2. The first-order chi connectivity index (χ1) is 11.3. The van der Waals surface area contributed by atoms with Crippen molar-refractivity contribution in [3.05, 3.63) is 34.3 Å².